The Labute approximate surface area is 135 Å². The van der Waals surface area contributed by atoms with E-state index in [1.165, 1.54) is 0 Å². The second-order valence-electron chi connectivity index (χ2n) is 4.82. The highest BCUT2D eigenvalue weighted by Crippen LogP contribution is 2.29. The summed E-state index contributed by atoms with van der Waals surface area (Å²) in [4.78, 5) is 10.1. The SMILES string of the molecule is Cc1oc(-c2cccs2)nc1CSc1ncc2ccccn12. The van der Waals surface area contributed by atoms with Gasteiger partial charge in [0, 0.05) is 11.9 Å². The molecular formula is C16H13N3OS2. The topological polar surface area (TPSA) is 43.3 Å². The number of hydrogen-bond donors (Lipinski definition) is 0. The molecule has 0 aromatic carbocycles. The Hall–Kier alpha value is -2.05. The first kappa shape index (κ1) is 13.6. The summed E-state index contributed by atoms with van der Waals surface area (Å²) >= 11 is 3.30. The molecule has 4 aromatic heterocycles. The molecule has 4 nitrogen and oxygen atoms in total. The molecule has 4 rings (SSSR count). The maximum atomic E-state index is 5.78. The van der Waals surface area contributed by atoms with Crippen molar-refractivity contribution < 1.29 is 4.42 Å². The highest BCUT2D eigenvalue weighted by molar-refractivity contribution is 7.98. The smallest absolute Gasteiger partial charge is 0.236 e. The zero-order chi connectivity index (χ0) is 14.9. The molecule has 0 bridgehead atoms. The van der Waals surface area contributed by atoms with Gasteiger partial charge in [-0.1, -0.05) is 23.9 Å². The van der Waals surface area contributed by atoms with Crippen molar-refractivity contribution in [3.63, 3.8) is 0 Å². The van der Waals surface area contributed by atoms with Crippen LogP contribution in [0.25, 0.3) is 16.3 Å². The predicted molar refractivity (Wildman–Crippen MR) is 89.3 cm³/mol. The number of nitrogens with zero attached hydrogens (tertiary/aromatic N) is 3. The van der Waals surface area contributed by atoms with Crippen LogP contribution in [0.5, 0.6) is 0 Å². The first-order chi connectivity index (χ1) is 10.8. The largest absolute Gasteiger partial charge is 0.440 e. The van der Waals surface area contributed by atoms with Crippen molar-refractivity contribution in [1.82, 2.24) is 14.4 Å². The van der Waals surface area contributed by atoms with Crippen LogP contribution < -0.4 is 0 Å². The Balaban J connectivity index is 1.57. The van der Waals surface area contributed by atoms with Crippen LogP contribution in [0.3, 0.4) is 0 Å². The molecule has 22 heavy (non-hydrogen) atoms. The van der Waals surface area contributed by atoms with Gasteiger partial charge in [0.25, 0.3) is 0 Å². The molecule has 0 N–H and O–H groups in total. The lowest BCUT2D eigenvalue weighted by molar-refractivity contribution is 0.542. The van der Waals surface area contributed by atoms with Crippen molar-refractivity contribution in [2.75, 3.05) is 0 Å². The summed E-state index contributed by atoms with van der Waals surface area (Å²) < 4.78 is 7.86. The second-order valence-corrected chi connectivity index (χ2v) is 6.71. The molecule has 0 aliphatic rings. The van der Waals surface area contributed by atoms with E-state index in [1.54, 1.807) is 23.1 Å². The lowest BCUT2D eigenvalue weighted by Crippen LogP contribution is -1.89. The van der Waals surface area contributed by atoms with E-state index in [0.29, 0.717) is 5.89 Å². The Bertz CT molecular complexity index is 909. The minimum Gasteiger partial charge on any atom is -0.440 e. The Morgan fingerprint density at radius 2 is 2.23 bits per heavy atom. The van der Waals surface area contributed by atoms with Crippen LogP contribution >= 0.6 is 23.1 Å². The van der Waals surface area contributed by atoms with Crippen LogP contribution in [0.4, 0.5) is 0 Å². The quantitative estimate of drug-likeness (QED) is 0.512. The molecule has 0 aliphatic carbocycles. The zero-order valence-corrected chi connectivity index (χ0v) is 13.5. The molecule has 0 saturated carbocycles. The van der Waals surface area contributed by atoms with Crippen molar-refractivity contribution in [3.05, 3.63) is 59.6 Å². The number of thioether (sulfide) groups is 1. The van der Waals surface area contributed by atoms with Crippen molar-refractivity contribution in [1.29, 1.82) is 0 Å². The summed E-state index contributed by atoms with van der Waals surface area (Å²) in [6.45, 7) is 1.96. The third kappa shape index (κ3) is 2.44. The molecule has 0 radical (unpaired) electrons. The van der Waals surface area contributed by atoms with Gasteiger partial charge in [0.05, 0.1) is 22.3 Å². The minimum atomic E-state index is 0.705. The predicted octanol–water partition coefficient (Wildman–Crippen LogP) is 4.65. The van der Waals surface area contributed by atoms with Crippen LogP contribution in [-0.4, -0.2) is 14.4 Å². The minimum absolute atomic E-state index is 0.705. The third-order valence-corrected chi connectivity index (χ3v) is 5.20. The lowest BCUT2D eigenvalue weighted by atomic mass is 10.4. The van der Waals surface area contributed by atoms with E-state index in [9.17, 15) is 0 Å². The van der Waals surface area contributed by atoms with Crippen molar-refractivity contribution >= 4 is 28.6 Å². The van der Waals surface area contributed by atoms with E-state index in [2.05, 4.69) is 14.4 Å². The van der Waals surface area contributed by atoms with E-state index in [-0.39, 0.29) is 0 Å². The first-order valence-electron chi connectivity index (χ1n) is 6.86. The number of thiophene rings is 1. The molecule has 0 fully saturated rings. The molecule has 0 aliphatic heterocycles. The average Bonchev–Trinajstić information content (AvgIpc) is 3.25. The van der Waals surface area contributed by atoms with Gasteiger partial charge < -0.3 is 4.42 Å². The van der Waals surface area contributed by atoms with Gasteiger partial charge >= 0.3 is 0 Å². The van der Waals surface area contributed by atoms with Crippen LogP contribution in [0, 0.1) is 6.92 Å². The number of aromatic nitrogens is 3. The van der Waals surface area contributed by atoms with E-state index >= 15 is 0 Å². The van der Waals surface area contributed by atoms with Gasteiger partial charge in [0.2, 0.25) is 5.89 Å². The molecule has 110 valence electrons. The third-order valence-electron chi connectivity index (χ3n) is 3.37. The molecule has 0 amide bonds. The summed E-state index contributed by atoms with van der Waals surface area (Å²) in [6.07, 6.45) is 3.91. The van der Waals surface area contributed by atoms with Crippen LogP contribution in [0.2, 0.25) is 0 Å². The molecule has 4 aromatic rings. The zero-order valence-electron chi connectivity index (χ0n) is 11.9. The van der Waals surface area contributed by atoms with Crippen molar-refractivity contribution in [2.24, 2.45) is 0 Å². The van der Waals surface area contributed by atoms with Gasteiger partial charge in [0.1, 0.15) is 5.76 Å². The maximum absolute atomic E-state index is 5.78. The fourth-order valence-corrected chi connectivity index (χ4v) is 3.84. The normalized spacial score (nSPS) is 11.3. The van der Waals surface area contributed by atoms with Gasteiger partial charge in [-0.15, -0.1) is 11.3 Å². The summed E-state index contributed by atoms with van der Waals surface area (Å²) in [5.41, 5.74) is 2.07. The maximum Gasteiger partial charge on any atom is 0.236 e. The van der Waals surface area contributed by atoms with E-state index in [0.717, 1.165) is 32.8 Å². The highest BCUT2D eigenvalue weighted by atomic mass is 32.2. The monoisotopic (exact) mass is 327 g/mol. The highest BCUT2D eigenvalue weighted by Gasteiger charge is 2.13. The summed E-state index contributed by atoms with van der Waals surface area (Å²) in [7, 11) is 0. The van der Waals surface area contributed by atoms with Gasteiger partial charge in [-0.2, -0.15) is 0 Å². The van der Waals surface area contributed by atoms with E-state index < -0.39 is 0 Å². The van der Waals surface area contributed by atoms with E-state index in [1.807, 2.05) is 55.0 Å². The molecule has 0 unspecified atom stereocenters. The van der Waals surface area contributed by atoms with Gasteiger partial charge in [-0.3, -0.25) is 4.40 Å². The first-order valence-corrected chi connectivity index (χ1v) is 8.73. The molecular weight excluding hydrogens is 314 g/mol. The van der Waals surface area contributed by atoms with Crippen LogP contribution in [-0.2, 0) is 5.75 Å². The summed E-state index contributed by atoms with van der Waals surface area (Å²) in [5.74, 6) is 2.32. The van der Waals surface area contributed by atoms with Gasteiger partial charge in [-0.05, 0) is 30.5 Å². The lowest BCUT2D eigenvalue weighted by Gasteiger charge is -1.99. The van der Waals surface area contributed by atoms with Crippen LogP contribution in [0.15, 0.2) is 57.7 Å². The second kappa shape index (κ2) is 5.62. The molecule has 0 saturated heterocycles. The fourth-order valence-electron chi connectivity index (χ4n) is 2.23. The Kier molecular flexibility index (Phi) is 3.48. The molecule has 0 atom stereocenters. The van der Waals surface area contributed by atoms with Crippen molar-refractivity contribution in [2.45, 2.75) is 17.8 Å². The summed E-state index contributed by atoms with van der Waals surface area (Å²) in [5, 5.41) is 3.00. The number of oxazole rings is 1. The Morgan fingerprint density at radius 3 is 3.09 bits per heavy atom. The van der Waals surface area contributed by atoms with Crippen LogP contribution in [0.1, 0.15) is 11.5 Å². The molecule has 0 spiro atoms. The number of rotatable bonds is 4. The Morgan fingerprint density at radius 1 is 1.27 bits per heavy atom. The number of fused-ring (bicyclic) bond motifs is 1. The van der Waals surface area contributed by atoms with Gasteiger partial charge in [-0.25, -0.2) is 9.97 Å². The van der Waals surface area contributed by atoms with Crippen molar-refractivity contribution in [3.8, 4) is 10.8 Å². The number of imidazole rings is 1. The fraction of sp³-hybridized carbons (Fsp3) is 0.125. The number of hydrogen-bond acceptors (Lipinski definition) is 5. The number of pyridine rings is 1. The summed E-state index contributed by atoms with van der Waals surface area (Å²) in [6, 6.07) is 10.1. The molecule has 4 heterocycles. The molecule has 6 heteroatoms. The van der Waals surface area contributed by atoms with Gasteiger partial charge in [0.15, 0.2) is 5.16 Å². The average molecular weight is 327 g/mol. The standard InChI is InChI=1S/C16H13N3OS2/c1-11-13(18-15(20-11)14-6-4-8-21-14)10-22-16-17-9-12-5-2-3-7-19(12)16/h2-9H,10H2,1H3. The number of aryl methyl sites for hydroxylation is 1. The van der Waals surface area contributed by atoms with E-state index in [4.69, 9.17) is 4.42 Å².